The van der Waals surface area contributed by atoms with E-state index < -0.39 is 18.2 Å². The molecular formula is C59H109NO5. The molecule has 65 heavy (non-hydrogen) atoms. The van der Waals surface area contributed by atoms with Crippen LogP contribution < -0.4 is 5.32 Å². The van der Waals surface area contributed by atoms with E-state index in [2.05, 4.69) is 74.7 Å². The van der Waals surface area contributed by atoms with Gasteiger partial charge in [-0.3, -0.25) is 9.59 Å². The Labute approximate surface area is 404 Å². The van der Waals surface area contributed by atoms with Crippen molar-refractivity contribution in [2.75, 3.05) is 6.61 Å². The Hall–Kier alpha value is -2.18. The fraction of sp³-hybridized carbons (Fsp3) is 0.831. The number of nitrogens with one attached hydrogen (secondary N) is 1. The first-order valence-corrected chi connectivity index (χ1v) is 28.4. The molecule has 0 aromatic heterocycles. The number of hydrogen-bond donors (Lipinski definition) is 3. The standard InChI is InChI=1S/C59H109NO5/c1-4-7-10-13-16-19-22-25-27-29-30-33-35-38-41-44-47-50-55(65-59(64)52-49-46-43-40-37-32-24-21-18-15-12-9-6-3)53-58(63)60-56(54-61)57(62)51-48-45-42-39-36-34-31-28-26-23-20-17-14-11-8-5-2/h16,19,25,27,30,33,38,41,55-57,61-62H,4-15,17-18,20-24,26,28-29,31-32,34-37,39-40,42-54H2,1-3H3,(H,60,63)/b19-16-,27-25-,33-30-,41-38-. The second-order valence-electron chi connectivity index (χ2n) is 19.3. The maximum absolute atomic E-state index is 13.2. The van der Waals surface area contributed by atoms with Crippen LogP contribution in [0.25, 0.3) is 0 Å². The third-order valence-electron chi connectivity index (χ3n) is 12.9. The number of amides is 1. The van der Waals surface area contributed by atoms with Gasteiger partial charge in [0.15, 0.2) is 0 Å². The van der Waals surface area contributed by atoms with Crippen LogP contribution in [0.3, 0.4) is 0 Å². The molecule has 0 saturated heterocycles. The number of ether oxygens (including phenoxy) is 1. The van der Waals surface area contributed by atoms with E-state index in [9.17, 15) is 19.8 Å². The molecule has 6 nitrogen and oxygen atoms in total. The van der Waals surface area contributed by atoms with Gasteiger partial charge in [0.05, 0.1) is 25.2 Å². The number of carbonyl (C=O) groups is 2. The normalized spacial score (nSPS) is 13.5. The smallest absolute Gasteiger partial charge is 0.306 e. The summed E-state index contributed by atoms with van der Waals surface area (Å²) >= 11 is 0. The number of aliphatic hydroxyl groups is 2. The first-order chi connectivity index (χ1) is 32.0. The van der Waals surface area contributed by atoms with Gasteiger partial charge in [0.2, 0.25) is 5.91 Å². The van der Waals surface area contributed by atoms with Gasteiger partial charge in [-0.05, 0) is 64.2 Å². The number of rotatable bonds is 51. The van der Waals surface area contributed by atoms with Crippen LogP contribution in [0.4, 0.5) is 0 Å². The molecule has 0 saturated carbocycles. The number of allylic oxidation sites excluding steroid dienone is 8. The van der Waals surface area contributed by atoms with E-state index in [4.69, 9.17) is 4.74 Å². The van der Waals surface area contributed by atoms with Crippen molar-refractivity contribution in [1.82, 2.24) is 5.32 Å². The maximum Gasteiger partial charge on any atom is 0.306 e. The van der Waals surface area contributed by atoms with Crippen LogP contribution in [0.1, 0.15) is 290 Å². The van der Waals surface area contributed by atoms with Gasteiger partial charge in [0.25, 0.3) is 0 Å². The van der Waals surface area contributed by atoms with Crippen molar-refractivity contribution >= 4 is 11.9 Å². The SMILES string of the molecule is CCCCC/C=C\C/C=C\C/C=C\C/C=C\CCCC(CC(=O)NC(CO)C(O)CCCCCCCCCCCCCCCCCC)OC(=O)CCCCCCCCCCCCCCC. The Kier molecular flexibility index (Phi) is 51.0. The van der Waals surface area contributed by atoms with Gasteiger partial charge in [-0.1, -0.05) is 262 Å². The molecule has 0 spiro atoms. The lowest BCUT2D eigenvalue weighted by atomic mass is 10.0. The third-order valence-corrected chi connectivity index (χ3v) is 12.9. The molecule has 3 unspecified atom stereocenters. The van der Waals surface area contributed by atoms with E-state index in [1.165, 1.54) is 173 Å². The van der Waals surface area contributed by atoms with E-state index in [1.54, 1.807) is 0 Å². The molecule has 0 heterocycles. The highest BCUT2D eigenvalue weighted by molar-refractivity contribution is 5.77. The van der Waals surface area contributed by atoms with Crippen LogP contribution in [-0.2, 0) is 14.3 Å². The molecule has 0 aromatic rings. The van der Waals surface area contributed by atoms with Gasteiger partial charge in [-0.2, -0.15) is 0 Å². The van der Waals surface area contributed by atoms with Gasteiger partial charge in [0.1, 0.15) is 6.10 Å². The van der Waals surface area contributed by atoms with Crippen LogP contribution in [0, 0.1) is 0 Å². The lowest BCUT2D eigenvalue weighted by molar-refractivity contribution is -0.151. The van der Waals surface area contributed by atoms with Crippen LogP contribution in [0.2, 0.25) is 0 Å². The number of carbonyl (C=O) groups excluding carboxylic acids is 2. The largest absolute Gasteiger partial charge is 0.462 e. The highest BCUT2D eigenvalue weighted by Gasteiger charge is 2.24. The van der Waals surface area contributed by atoms with Crippen molar-refractivity contribution in [1.29, 1.82) is 0 Å². The molecule has 0 aliphatic carbocycles. The predicted molar refractivity (Wildman–Crippen MR) is 282 cm³/mol. The van der Waals surface area contributed by atoms with E-state index in [-0.39, 0.29) is 24.9 Å². The van der Waals surface area contributed by atoms with E-state index in [0.29, 0.717) is 19.3 Å². The van der Waals surface area contributed by atoms with Gasteiger partial charge in [0, 0.05) is 6.42 Å². The summed E-state index contributed by atoms with van der Waals surface area (Å²) < 4.78 is 5.93. The number of esters is 1. The zero-order valence-corrected chi connectivity index (χ0v) is 43.4. The third kappa shape index (κ3) is 48.1. The van der Waals surface area contributed by atoms with Crippen LogP contribution in [0.15, 0.2) is 48.6 Å². The lowest BCUT2D eigenvalue weighted by Crippen LogP contribution is -2.46. The molecule has 0 radical (unpaired) electrons. The Morgan fingerprint density at radius 1 is 0.446 bits per heavy atom. The molecule has 0 rings (SSSR count). The molecule has 0 aliphatic rings. The van der Waals surface area contributed by atoms with Gasteiger partial charge < -0.3 is 20.3 Å². The Morgan fingerprint density at radius 3 is 1.22 bits per heavy atom. The van der Waals surface area contributed by atoms with Crippen molar-refractivity contribution in [3.8, 4) is 0 Å². The maximum atomic E-state index is 13.2. The monoisotopic (exact) mass is 912 g/mol. The predicted octanol–water partition coefficient (Wildman–Crippen LogP) is 17.4. The quantitative estimate of drug-likeness (QED) is 0.0321. The average Bonchev–Trinajstić information content (AvgIpc) is 3.30. The Morgan fingerprint density at radius 2 is 0.800 bits per heavy atom. The summed E-state index contributed by atoms with van der Waals surface area (Å²) in [7, 11) is 0. The summed E-state index contributed by atoms with van der Waals surface area (Å²) in [5.74, 6) is -0.516. The highest BCUT2D eigenvalue weighted by Crippen LogP contribution is 2.18. The minimum Gasteiger partial charge on any atom is -0.462 e. The average molecular weight is 913 g/mol. The van der Waals surface area contributed by atoms with Crippen LogP contribution >= 0.6 is 0 Å². The fourth-order valence-electron chi connectivity index (χ4n) is 8.60. The van der Waals surface area contributed by atoms with E-state index >= 15 is 0 Å². The molecular weight excluding hydrogens is 803 g/mol. The van der Waals surface area contributed by atoms with Crippen molar-refractivity contribution in [3.63, 3.8) is 0 Å². The van der Waals surface area contributed by atoms with Gasteiger partial charge in [-0.25, -0.2) is 0 Å². The van der Waals surface area contributed by atoms with Gasteiger partial charge in [-0.15, -0.1) is 0 Å². The summed E-state index contributed by atoms with van der Waals surface area (Å²) in [6.45, 7) is 6.46. The first kappa shape index (κ1) is 62.8. The number of aliphatic hydroxyl groups excluding tert-OH is 2. The van der Waals surface area contributed by atoms with Crippen molar-refractivity contribution in [3.05, 3.63) is 48.6 Å². The zero-order chi connectivity index (χ0) is 47.4. The Bertz CT molecular complexity index is 1110. The molecule has 380 valence electrons. The highest BCUT2D eigenvalue weighted by atomic mass is 16.5. The molecule has 0 fully saturated rings. The molecule has 0 aromatic carbocycles. The topological polar surface area (TPSA) is 95.9 Å². The molecule has 0 aliphatic heterocycles. The summed E-state index contributed by atoms with van der Waals surface area (Å²) in [5.41, 5.74) is 0. The summed E-state index contributed by atoms with van der Waals surface area (Å²) in [5, 5.41) is 23.9. The van der Waals surface area contributed by atoms with Crippen molar-refractivity contribution in [2.45, 2.75) is 309 Å². The molecule has 3 N–H and O–H groups in total. The zero-order valence-electron chi connectivity index (χ0n) is 43.4. The molecule has 0 bridgehead atoms. The molecule has 3 atom stereocenters. The van der Waals surface area contributed by atoms with Crippen molar-refractivity contribution < 1.29 is 24.5 Å². The lowest BCUT2D eigenvalue weighted by Gasteiger charge is -2.24. The number of unbranched alkanes of at least 4 members (excludes halogenated alkanes) is 31. The fourth-order valence-corrected chi connectivity index (χ4v) is 8.60. The number of hydrogen-bond acceptors (Lipinski definition) is 5. The van der Waals surface area contributed by atoms with Gasteiger partial charge >= 0.3 is 5.97 Å². The van der Waals surface area contributed by atoms with Crippen molar-refractivity contribution in [2.24, 2.45) is 0 Å². The van der Waals surface area contributed by atoms with Crippen LogP contribution in [0.5, 0.6) is 0 Å². The second-order valence-corrected chi connectivity index (χ2v) is 19.3. The molecule has 6 heteroatoms. The molecule has 1 amide bonds. The van der Waals surface area contributed by atoms with Crippen LogP contribution in [-0.4, -0.2) is 46.9 Å². The Balaban J connectivity index is 4.62. The summed E-state index contributed by atoms with van der Waals surface area (Å²) in [4.78, 5) is 26.2. The summed E-state index contributed by atoms with van der Waals surface area (Å²) in [6, 6.07) is -0.718. The summed E-state index contributed by atoms with van der Waals surface area (Å²) in [6.07, 6.45) is 64.6. The van der Waals surface area contributed by atoms with E-state index in [1.807, 2.05) is 0 Å². The minimum absolute atomic E-state index is 0.0429. The second kappa shape index (κ2) is 52.8. The minimum atomic E-state index is -0.801. The van der Waals surface area contributed by atoms with E-state index in [0.717, 1.165) is 70.6 Å². The first-order valence-electron chi connectivity index (χ1n) is 28.4.